The van der Waals surface area contributed by atoms with Crippen LogP contribution in [0.15, 0.2) is 23.6 Å². The highest BCUT2D eigenvalue weighted by atomic mass is 32.1. The maximum Gasteiger partial charge on any atom is 0.307 e. The van der Waals surface area contributed by atoms with Gasteiger partial charge in [-0.25, -0.2) is 0 Å². The first-order valence-corrected chi connectivity index (χ1v) is 8.93. The van der Waals surface area contributed by atoms with Crippen molar-refractivity contribution in [3.63, 3.8) is 0 Å². The molecule has 0 bridgehead atoms. The molecule has 1 N–H and O–H groups in total. The summed E-state index contributed by atoms with van der Waals surface area (Å²) in [5, 5.41) is 4.84. The molecule has 130 valence electrons. The number of nitrogens with one attached hydrogen (secondary N) is 1. The molecule has 5 nitrogen and oxygen atoms in total. The van der Waals surface area contributed by atoms with Crippen LogP contribution in [0.4, 0.5) is 0 Å². The van der Waals surface area contributed by atoms with Gasteiger partial charge in [-0.05, 0) is 45.2 Å². The van der Waals surface area contributed by atoms with Gasteiger partial charge in [0.25, 0.3) is 5.91 Å². The number of carbonyl (C=O) groups is 2. The summed E-state index contributed by atoms with van der Waals surface area (Å²) in [5.74, 6) is -0.452. The minimum atomic E-state index is -0.298. The lowest BCUT2D eigenvalue weighted by molar-refractivity contribution is -0.147. The molecule has 6 heteroatoms. The van der Waals surface area contributed by atoms with Crippen LogP contribution in [0.5, 0.6) is 0 Å². The van der Waals surface area contributed by atoms with Crippen molar-refractivity contribution in [1.29, 1.82) is 0 Å². The number of hydrogen-bond acceptors (Lipinski definition) is 4. The summed E-state index contributed by atoms with van der Waals surface area (Å²) in [6.07, 6.45) is 0.0436. The largest absolute Gasteiger partial charge is 0.463 e. The van der Waals surface area contributed by atoms with Gasteiger partial charge in [0.15, 0.2) is 0 Å². The molecule has 0 fully saturated rings. The van der Waals surface area contributed by atoms with Crippen LogP contribution in [0.2, 0.25) is 0 Å². The zero-order valence-corrected chi connectivity index (χ0v) is 15.4. The summed E-state index contributed by atoms with van der Waals surface area (Å²) in [7, 11) is 0. The molecule has 0 aromatic carbocycles. The summed E-state index contributed by atoms with van der Waals surface area (Å²) >= 11 is 1.70. The fourth-order valence-electron chi connectivity index (χ4n) is 2.53. The molecule has 0 aliphatic carbocycles. The molecule has 24 heavy (non-hydrogen) atoms. The van der Waals surface area contributed by atoms with Gasteiger partial charge in [0.05, 0.1) is 24.6 Å². The van der Waals surface area contributed by atoms with Gasteiger partial charge in [-0.15, -0.1) is 11.3 Å². The van der Waals surface area contributed by atoms with Gasteiger partial charge in [0, 0.05) is 22.8 Å². The van der Waals surface area contributed by atoms with E-state index in [1.54, 1.807) is 25.2 Å². The van der Waals surface area contributed by atoms with Crippen LogP contribution in [0.1, 0.15) is 46.9 Å². The molecule has 0 aliphatic rings. The number of aryl methyl sites for hydroxylation is 1. The van der Waals surface area contributed by atoms with Crippen LogP contribution in [0, 0.1) is 13.8 Å². The SMILES string of the molecule is Cc1cc(C(=O)NCCC(=O)OC(C)C)c(C)n1Cc1cccs1. The molecular weight excluding hydrogens is 324 g/mol. The van der Waals surface area contributed by atoms with Crippen molar-refractivity contribution in [2.45, 2.75) is 46.8 Å². The highest BCUT2D eigenvalue weighted by Crippen LogP contribution is 2.19. The highest BCUT2D eigenvalue weighted by molar-refractivity contribution is 7.09. The molecule has 1 amide bonds. The molecule has 0 spiro atoms. The lowest BCUT2D eigenvalue weighted by Crippen LogP contribution is -2.27. The average Bonchev–Trinajstić information content (AvgIpc) is 3.10. The van der Waals surface area contributed by atoms with E-state index in [9.17, 15) is 9.59 Å². The van der Waals surface area contributed by atoms with Gasteiger partial charge in [0.2, 0.25) is 0 Å². The van der Waals surface area contributed by atoms with Gasteiger partial charge >= 0.3 is 5.97 Å². The van der Waals surface area contributed by atoms with Crippen molar-refractivity contribution in [3.8, 4) is 0 Å². The number of carbonyl (C=O) groups excluding carboxylic acids is 2. The van der Waals surface area contributed by atoms with Crippen molar-refractivity contribution in [1.82, 2.24) is 9.88 Å². The summed E-state index contributed by atoms with van der Waals surface area (Å²) in [4.78, 5) is 25.1. The maximum atomic E-state index is 12.4. The third-order valence-electron chi connectivity index (χ3n) is 3.69. The number of aromatic nitrogens is 1. The molecule has 0 atom stereocenters. The van der Waals surface area contributed by atoms with Gasteiger partial charge in [0.1, 0.15) is 0 Å². The van der Waals surface area contributed by atoms with Crippen molar-refractivity contribution >= 4 is 23.2 Å². The minimum Gasteiger partial charge on any atom is -0.463 e. The Morgan fingerprint density at radius 1 is 1.33 bits per heavy atom. The third kappa shape index (κ3) is 4.71. The van der Waals surface area contributed by atoms with E-state index in [0.717, 1.165) is 17.9 Å². The average molecular weight is 348 g/mol. The molecule has 2 heterocycles. The van der Waals surface area contributed by atoms with Crippen molar-refractivity contribution < 1.29 is 14.3 Å². The smallest absolute Gasteiger partial charge is 0.307 e. The zero-order chi connectivity index (χ0) is 17.7. The number of amides is 1. The van der Waals surface area contributed by atoms with E-state index in [4.69, 9.17) is 4.74 Å². The summed E-state index contributed by atoms with van der Waals surface area (Å²) in [6.45, 7) is 8.60. The fraction of sp³-hybridized carbons (Fsp3) is 0.444. The Balaban J connectivity index is 1.96. The van der Waals surface area contributed by atoms with E-state index in [1.807, 2.05) is 31.4 Å². The predicted molar refractivity (Wildman–Crippen MR) is 95.5 cm³/mol. The van der Waals surface area contributed by atoms with E-state index in [0.29, 0.717) is 5.56 Å². The lowest BCUT2D eigenvalue weighted by Gasteiger charge is -2.10. The first-order chi connectivity index (χ1) is 11.4. The van der Waals surface area contributed by atoms with E-state index < -0.39 is 0 Å². The van der Waals surface area contributed by atoms with Crippen LogP contribution < -0.4 is 5.32 Å². The number of hydrogen-bond donors (Lipinski definition) is 1. The standard InChI is InChI=1S/C18H24N2O3S/c1-12(2)23-17(21)7-8-19-18(22)16-10-13(3)20(14(16)4)11-15-6-5-9-24-15/h5-6,9-10,12H,7-8,11H2,1-4H3,(H,19,22). The van der Waals surface area contributed by atoms with Crippen LogP contribution in [0.25, 0.3) is 0 Å². The molecular formula is C18H24N2O3S. The normalized spacial score (nSPS) is 10.9. The highest BCUT2D eigenvalue weighted by Gasteiger charge is 2.16. The topological polar surface area (TPSA) is 60.3 Å². The quantitative estimate of drug-likeness (QED) is 0.781. The van der Waals surface area contributed by atoms with Gasteiger partial charge in [-0.3, -0.25) is 9.59 Å². The number of nitrogens with zero attached hydrogens (tertiary/aromatic N) is 1. The van der Waals surface area contributed by atoms with Crippen LogP contribution in [-0.4, -0.2) is 29.1 Å². The molecule has 0 saturated carbocycles. The molecule has 2 aromatic rings. The Morgan fingerprint density at radius 2 is 2.08 bits per heavy atom. The van der Waals surface area contributed by atoms with Crippen LogP contribution in [-0.2, 0) is 16.1 Å². The summed E-state index contributed by atoms with van der Waals surface area (Å²) < 4.78 is 7.18. The van der Waals surface area contributed by atoms with Crippen LogP contribution >= 0.6 is 11.3 Å². The number of rotatable bonds is 7. The Kier molecular flexibility index (Phi) is 6.20. The van der Waals surface area contributed by atoms with Crippen LogP contribution in [0.3, 0.4) is 0 Å². The van der Waals surface area contributed by atoms with Gasteiger partial charge in [-0.2, -0.15) is 0 Å². The predicted octanol–water partition coefficient (Wildman–Crippen LogP) is 3.29. The van der Waals surface area contributed by atoms with Gasteiger partial charge in [-0.1, -0.05) is 6.07 Å². The molecule has 2 rings (SSSR count). The molecule has 0 saturated heterocycles. The first-order valence-electron chi connectivity index (χ1n) is 8.05. The third-order valence-corrected chi connectivity index (χ3v) is 4.56. The zero-order valence-electron chi connectivity index (χ0n) is 14.6. The number of esters is 1. The molecule has 0 aliphatic heterocycles. The molecule has 2 aromatic heterocycles. The van der Waals surface area contributed by atoms with Crippen molar-refractivity contribution in [2.24, 2.45) is 0 Å². The Labute approximate surface area is 146 Å². The van der Waals surface area contributed by atoms with Gasteiger partial charge < -0.3 is 14.6 Å². The van der Waals surface area contributed by atoms with E-state index in [1.165, 1.54) is 4.88 Å². The van der Waals surface area contributed by atoms with E-state index in [-0.39, 0.29) is 30.9 Å². The number of thiophene rings is 1. The monoisotopic (exact) mass is 348 g/mol. The first kappa shape index (κ1) is 18.3. The second-order valence-electron chi connectivity index (χ2n) is 5.99. The Hall–Kier alpha value is -2.08. The molecule has 0 unspecified atom stereocenters. The van der Waals surface area contributed by atoms with Crippen molar-refractivity contribution in [3.05, 3.63) is 45.4 Å². The van der Waals surface area contributed by atoms with Crippen molar-refractivity contribution in [2.75, 3.05) is 6.54 Å². The Bertz CT molecular complexity index is 702. The Morgan fingerprint density at radius 3 is 2.71 bits per heavy atom. The number of ether oxygens (including phenoxy) is 1. The van der Waals surface area contributed by atoms with E-state index in [2.05, 4.69) is 16.0 Å². The maximum absolute atomic E-state index is 12.4. The molecule has 0 radical (unpaired) electrons. The van der Waals surface area contributed by atoms with E-state index >= 15 is 0 Å². The summed E-state index contributed by atoms with van der Waals surface area (Å²) in [6, 6.07) is 6.01. The second-order valence-corrected chi connectivity index (χ2v) is 7.03. The summed E-state index contributed by atoms with van der Waals surface area (Å²) in [5.41, 5.74) is 2.63. The second kappa shape index (κ2) is 8.15. The lowest BCUT2D eigenvalue weighted by atomic mass is 10.2. The fourth-order valence-corrected chi connectivity index (χ4v) is 3.22. The minimum absolute atomic E-state index is 0.135.